The van der Waals surface area contributed by atoms with Crippen molar-refractivity contribution >= 4 is 22.3 Å². The van der Waals surface area contributed by atoms with E-state index in [0.29, 0.717) is 4.31 Å². The predicted molar refractivity (Wildman–Crippen MR) is 53.2 cm³/mol. The maximum absolute atomic E-state index is 11.6. The van der Waals surface area contributed by atoms with Crippen LogP contribution in [0.1, 0.15) is 6.42 Å². The van der Waals surface area contributed by atoms with Gasteiger partial charge in [-0.15, -0.1) is 0 Å². The summed E-state index contributed by atoms with van der Waals surface area (Å²) in [6, 6.07) is -1.40. The van der Waals surface area contributed by atoms with Crippen LogP contribution in [0.2, 0.25) is 0 Å². The molecular weight excluding hydrogens is 256 g/mol. The van der Waals surface area contributed by atoms with E-state index in [-0.39, 0.29) is 13.0 Å². The molecule has 10 heteroatoms. The second kappa shape index (κ2) is 4.85. The number of nitrogens with zero attached hydrogens (tertiary/aromatic N) is 1. The number of rotatable bonds is 3. The third kappa shape index (κ3) is 3.05. The van der Waals surface area contributed by atoms with Crippen molar-refractivity contribution in [2.24, 2.45) is 0 Å². The lowest BCUT2D eigenvalue weighted by molar-refractivity contribution is -0.140. The van der Waals surface area contributed by atoms with Crippen LogP contribution in [0.4, 0.5) is 4.79 Å². The lowest BCUT2D eigenvalue weighted by Crippen LogP contribution is -2.48. The van der Waals surface area contributed by atoms with Gasteiger partial charge in [0.15, 0.2) is 0 Å². The summed E-state index contributed by atoms with van der Waals surface area (Å²) in [4.78, 5) is 21.6. The topological polar surface area (TPSA) is 133 Å². The van der Waals surface area contributed by atoms with E-state index >= 15 is 0 Å². The molecule has 1 fully saturated rings. The number of carboxylic acids is 1. The van der Waals surface area contributed by atoms with E-state index in [9.17, 15) is 23.1 Å². The van der Waals surface area contributed by atoms with E-state index in [4.69, 9.17) is 5.11 Å². The number of ether oxygens (including phenoxy) is 1. The summed E-state index contributed by atoms with van der Waals surface area (Å²) in [6.07, 6.45) is -2.53. The number of carbonyl (C=O) groups excluding carboxylic acids is 1. The molecule has 0 spiro atoms. The van der Waals surface area contributed by atoms with Crippen molar-refractivity contribution in [2.45, 2.75) is 18.6 Å². The molecule has 1 rings (SSSR count). The normalized spacial score (nSPS) is 25.5. The Bertz CT molecular complexity index is 420. The van der Waals surface area contributed by atoms with Crippen molar-refractivity contribution in [1.29, 1.82) is 0 Å². The largest absolute Gasteiger partial charge is 0.480 e. The number of aliphatic carboxylic acids is 1. The van der Waals surface area contributed by atoms with Gasteiger partial charge in [-0.3, -0.25) is 4.79 Å². The molecule has 2 atom stereocenters. The lowest BCUT2D eigenvalue weighted by Gasteiger charge is -2.20. The molecule has 98 valence electrons. The average Bonchev–Trinajstić information content (AvgIpc) is 2.60. The van der Waals surface area contributed by atoms with E-state index in [1.54, 1.807) is 0 Å². The van der Waals surface area contributed by atoms with Crippen molar-refractivity contribution in [2.75, 3.05) is 13.7 Å². The standard InChI is InChI=1S/C7H12N2O7S/c1-16-7(13)8-17(14,15)9-3-4(10)2-5(9)6(11)12/h4-5,10H,2-3H2,1H3,(H,8,13)(H,11,12)/t4?,5-/m0/s1. The maximum atomic E-state index is 11.6. The Labute approximate surface area is 97.2 Å². The van der Waals surface area contributed by atoms with Crippen LogP contribution in [-0.4, -0.2) is 60.8 Å². The first-order chi connectivity index (χ1) is 7.77. The number of carboxylic acid groups (broad SMARTS) is 1. The number of aliphatic hydroxyl groups is 1. The highest BCUT2D eigenvalue weighted by Gasteiger charge is 2.43. The highest BCUT2D eigenvalue weighted by molar-refractivity contribution is 7.87. The van der Waals surface area contributed by atoms with Crippen LogP contribution in [0.5, 0.6) is 0 Å². The third-order valence-electron chi connectivity index (χ3n) is 2.23. The van der Waals surface area contributed by atoms with Gasteiger partial charge in [-0.25, -0.2) is 9.52 Å². The summed E-state index contributed by atoms with van der Waals surface area (Å²) >= 11 is 0. The minimum Gasteiger partial charge on any atom is -0.480 e. The molecule has 0 saturated carbocycles. The molecule has 17 heavy (non-hydrogen) atoms. The van der Waals surface area contributed by atoms with Crippen LogP contribution in [0.3, 0.4) is 0 Å². The van der Waals surface area contributed by atoms with E-state index in [0.717, 1.165) is 7.11 Å². The number of methoxy groups -OCH3 is 1. The molecule has 0 aromatic heterocycles. The van der Waals surface area contributed by atoms with Crippen molar-refractivity contribution in [1.82, 2.24) is 9.03 Å². The molecule has 0 bridgehead atoms. The van der Waals surface area contributed by atoms with Gasteiger partial charge in [-0.1, -0.05) is 0 Å². The Morgan fingerprint density at radius 3 is 2.53 bits per heavy atom. The summed E-state index contributed by atoms with van der Waals surface area (Å²) in [5.41, 5.74) is 0. The molecule has 3 N–H and O–H groups in total. The van der Waals surface area contributed by atoms with Gasteiger partial charge in [0.1, 0.15) is 6.04 Å². The second-order valence-electron chi connectivity index (χ2n) is 3.41. The van der Waals surface area contributed by atoms with Gasteiger partial charge in [0, 0.05) is 13.0 Å². The first-order valence-corrected chi connectivity index (χ1v) is 6.00. The van der Waals surface area contributed by atoms with Gasteiger partial charge in [0.25, 0.3) is 0 Å². The first-order valence-electron chi connectivity index (χ1n) is 4.56. The molecule has 1 aliphatic rings. The Morgan fingerprint density at radius 2 is 2.06 bits per heavy atom. The van der Waals surface area contributed by atoms with Crippen LogP contribution < -0.4 is 4.72 Å². The molecular formula is C7H12N2O7S. The van der Waals surface area contributed by atoms with Crippen molar-refractivity contribution in [3.63, 3.8) is 0 Å². The zero-order valence-corrected chi connectivity index (χ0v) is 9.68. The number of amides is 1. The predicted octanol–water partition coefficient (Wildman–Crippen LogP) is -1.89. The van der Waals surface area contributed by atoms with Crippen LogP contribution >= 0.6 is 0 Å². The molecule has 0 aromatic rings. The van der Waals surface area contributed by atoms with Gasteiger partial charge in [0.05, 0.1) is 13.2 Å². The van der Waals surface area contributed by atoms with Gasteiger partial charge in [-0.05, 0) is 0 Å². The minimum absolute atomic E-state index is 0.225. The molecule has 1 unspecified atom stereocenters. The van der Waals surface area contributed by atoms with Crippen LogP contribution in [0.15, 0.2) is 0 Å². The summed E-state index contributed by atoms with van der Waals surface area (Å²) < 4.78 is 29.3. The number of aliphatic hydroxyl groups excluding tert-OH is 1. The Hall–Kier alpha value is -1.39. The van der Waals surface area contributed by atoms with Crippen LogP contribution in [-0.2, 0) is 19.7 Å². The summed E-state index contributed by atoms with van der Waals surface area (Å²) in [5.74, 6) is -1.39. The highest BCUT2D eigenvalue weighted by Crippen LogP contribution is 2.20. The van der Waals surface area contributed by atoms with Gasteiger partial charge < -0.3 is 14.9 Å². The zero-order valence-electron chi connectivity index (χ0n) is 8.86. The van der Waals surface area contributed by atoms with Gasteiger partial charge in [-0.2, -0.15) is 12.7 Å². The Morgan fingerprint density at radius 1 is 1.47 bits per heavy atom. The number of β-amino-alcohol motifs (C(OH)–C–C–N with tert-alkyl or cyclic N) is 1. The molecule has 1 amide bonds. The molecule has 1 aliphatic heterocycles. The summed E-state index contributed by atoms with van der Waals surface area (Å²) in [7, 11) is -3.36. The fourth-order valence-corrected chi connectivity index (χ4v) is 2.77. The summed E-state index contributed by atoms with van der Waals surface area (Å²) in [6.45, 7) is -0.386. The van der Waals surface area contributed by atoms with Crippen molar-refractivity contribution in [3.8, 4) is 0 Å². The van der Waals surface area contributed by atoms with E-state index in [1.165, 1.54) is 4.72 Å². The quantitative estimate of drug-likeness (QED) is 0.544. The lowest BCUT2D eigenvalue weighted by atomic mass is 10.2. The smallest absolute Gasteiger partial charge is 0.421 e. The van der Waals surface area contributed by atoms with E-state index < -0.39 is 34.4 Å². The van der Waals surface area contributed by atoms with Gasteiger partial charge in [0.2, 0.25) is 0 Å². The number of hydrogen-bond acceptors (Lipinski definition) is 6. The SMILES string of the molecule is COC(=O)NS(=O)(=O)N1CC(O)C[C@H]1C(=O)O. The Balaban J connectivity index is 2.90. The van der Waals surface area contributed by atoms with E-state index in [2.05, 4.69) is 4.74 Å². The van der Waals surface area contributed by atoms with Crippen LogP contribution in [0.25, 0.3) is 0 Å². The molecule has 0 aromatic carbocycles. The molecule has 0 aliphatic carbocycles. The average molecular weight is 268 g/mol. The molecule has 9 nitrogen and oxygen atoms in total. The number of hydrogen-bond donors (Lipinski definition) is 3. The minimum atomic E-state index is -4.33. The first kappa shape index (κ1) is 13.7. The fourth-order valence-electron chi connectivity index (χ4n) is 1.48. The molecule has 1 heterocycles. The number of carbonyl (C=O) groups is 2. The number of nitrogens with one attached hydrogen (secondary N) is 1. The second-order valence-corrected chi connectivity index (χ2v) is 5.04. The zero-order chi connectivity index (χ0) is 13.2. The van der Waals surface area contributed by atoms with Crippen LogP contribution in [0, 0.1) is 0 Å². The maximum Gasteiger partial charge on any atom is 0.421 e. The Kier molecular flexibility index (Phi) is 3.91. The summed E-state index contributed by atoms with van der Waals surface area (Å²) in [5, 5.41) is 18.1. The van der Waals surface area contributed by atoms with Crippen molar-refractivity contribution < 1.29 is 33.0 Å². The third-order valence-corrected chi connectivity index (χ3v) is 3.67. The molecule has 1 saturated heterocycles. The van der Waals surface area contributed by atoms with E-state index in [1.807, 2.05) is 0 Å². The van der Waals surface area contributed by atoms with Crippen molar-refractivity contribution in [3.05, 3.63) is 0 Å². The van der Waals surface area contributed by atoms with Gasteiger partial charge >= 0.3 is 22.3 Å². The monoisotopic (exact) mass is 268 g/mol. The fraction of sp³-hybridized carbons (Fsp3) is 0.714. The molecule has 0 radical (unpaired) electrons. The highest BCUT2D eigenvalue weighted by atomic mass is 32.2.